The third-order valence-electron chi connectivity index (χ3n) is 8.25. The molecule has 0 amide bonds. The highest BCUT2D eigenvalue weighted by Crippen LogP contribution is 2.48. The molecule has 0 fully saturated rings. The van der Waals surface area contributed by atoms with E-state index in [2.05, 4.69) is 0 Å². The summed E-state index contributed by atoms with van der Waals surface area (Å²) in [5.41, 5.74) is -1.20. The summed E-state index contributed by atoms with van der Waals surface area (Å²) in [6.07, 6.45) is 1.22. The van der Waals surface area contributed by atoms with Gasteiger partial charge in [0.05, 0.1) is 27.4 Å². The Hall–Kier alpha value is -4.96. The number of rotatable bonds is 2. The molecule has 2 atom stereocenters. The van der Waals surface area contributed by atoms with Gasteiger partial charge in [0, 0.05) is 30.1 Å². The average Bonchev–Trinajstić information content (AvgIpc) is 2.93. The number of phenols is 2. The molecule has 0 bridgehead atoms. The molecule has 0 saturated carbocycles. The quantitative estimate of drug-likeness (QED) is 0.192. The molecular formula is C33H29NO9. The Kier molecular flexibility index (Phi) is 5.49. The van der Waals surface area contributed by atoms with E-state index in [1.165, 1.54) is 24.3 Å². The lowest BCUT2D eigenvalue weighted by molar-refractivity contribution is -0.102. The zero-order valence-corrected chi connectivity index (χ0v) is 24.1. The van der Waals surface area contributed by atoms with Crippen molar-refractivity contribution in [3.05, 3.63) is 80.3 Å². The smallest absolute Gasteiger partial charge is 0.336 e. The van der Waals surface area contributed by atoms with Gasteiger partial charge < -0.3 is 38.5 Å². The van der Waals surface area contributed by atoms with Crippen molar-refractivity contribution in [2.75, 3.05) is 0 Å². The molecule has 2 aliphatic heterocycles. The Morgan fingerprint density at radius 2 is 1.65 bits per heavy atom. The zero-order chi connectivity index (χ0) is 30.6. The van der Waals surface area contributed by atoms with Crippen molar-refractivity contribution >= 4 is 38.9 Å². The van der Waals surface area contributed by atoms with Crippen molar-refractivity contribution in [2.45, 2.75) is 51.1 Å². The predicted octanol–water partition coefficient (Wildman–Crippen LogP) is 5.05. The van der Waals surface area contributed by atoms with Crippen LogP contribution in [-0.4, -0.2) is 37.2 Å². The van der Waals surface area contributed by atoms with E-state index >= 15 is 0 Å². The number of nitrogens with zero attached hydrogens (tertiary/aromatic N) is 1. The second-order valence-corrected chi connectivity index (χ2v) is 12.1. The summed E-state index contributed by atoms with van der Waals surface area (Å²) in [5.74, 6) is 0.121. The highest BCUT2D eigenvalue weighted by Gasteiger charge is 2.46. The number of benzene rings is 3. The van der Waals surface area contributed by atoms with Crippen LogP contribution >= 0.6 is 0 Å². The lowest BCUT2D eigenvalue weighted by Crippen LogP contribution is -2.50. The maximum atomic E-state index is 13.9. The van der Waals surface area contributed by atoms with Crippen molar-refractivity contribution < 1.29 is 33.9 Å². The van der Waals surface area contributed by atoms with E-state index in [0.29, 0.717) is 28.0 Å². The Morgan fingerprint density at radius 1 is 0.907 bits per heavy atom. The van der Waals surface area contributed by atoms with Crippen LogP contribution in [0.25, 0.3) is 38.9 Å². The van der Waals surface area contributed by atoms with E-state index in [9.17, 15) is 24.9 Å². The highest BCUT2D eigenvalue weighted by molar-refractivity contribution is 6.04. The van der Waals surface area contributed by atoms with Crippen molar-refractivity contribution in [2.24, 2.45) is 7.05 Å². The first-order valence-electron chi connectivity index (χ1n) is 13.8. The lowest BCUT2D eigenvalue weighted by atomic mass is 9.87. The highest BCUT2D eigenvalue weighted by atomic mass is 16.5. The molecule has 2 unspecified atom stereocenters. The number of pyridine rings is 1. The van der Waals surface area contributed by atoms with Gasteiger partial charge in [0.2, 0.25) is 5.43 Å². The monoisotopic (exact) mass is 583 g/mol. The Labute approximate surface area is 244 Å². The molecule has 43 heavy (non-hydrogen) atoms. The van der Waals surface area contributed by atoms with Gasteiger partial charge in [-0.15, -0.1) is 0 Å². The van der Waals surface area contributed by atoms with Crippen LogP contribution < -0.4 is 25.3 Å². The molecule has 3 aromatic carbocycles. The fraction of sp³-hybridized carbons (Fsp3) is 0.273. The number of aliphatic hydroxyl groups is 1. The second-order valence-electron chi connectivity index (χ2n) is 12.1. The molecule has 0 radical (unpaired) electrons. The predicted molar refractivity (Wildman–Crippen MR) is 160 cm³/mol. The average molecular weight is 584 g/mol. The summed E-state index contributed by atoms with van der Waals surface area (Å²) >= 11 is 0. The first kappa shape index (κ1) is 26.9. The number of aromatic hydroxyl groups is 2. The van der Waals surface area contributed by atoms with Gasteiger partial charge in [-0.25, -0.2) is 4.79 Å². The van der Waals surface area contributed by atoms with Gasteiger partial charge in [0.15, 0.2) is 17.6 Å². The van der Waals surface area contributed by atoms with Gasteiger partial charge in [0.25, 0.3) is 0 Å². The molecule has 10 nitrogen and oxygen atoms in total. The summed E-state index contributed by atoms with van der Waals surface area (Å²) in [5, 5.41) is 34.6. The van der Waals surface area contributed by atoms with Crippen LogP contribution in [0.1, 0.15) is 44.9 Å². The number of ether oxygens (including phenoxy) is 3. The molecule has 0 saturated heterocycles. The molecule has 0 spiro atoms. The Morgan fingerprint density at radius 3 is 2.42 bits per heavy atom. The van der Waals surface area contributed by atoms with Crippen LogP contribution in [0.5, 0.6) is 28.7 Å². The first-order valence-corrected chi connectivity index (χ1v) is 13.8. The lowest BCUT2D eigenvalue weighted by Gasteiger charge is -2.42. The van der Waals surface area contributed by atoms with Gasteiger partial charge in [-0.1, -0.05) is 0 Å². The zero-order valence-electron chi connectivity index (χ0n) is 24.1. The van der Waals surface area contributed by atoms with Crippen molar-refractivity contribution in [1.29, 1.82) is 0 Å². The van der Waals surface area contributed by atoms with E-state index in [4.69, 9.17) is 18.6 Å². The molecule has 2 aromatic heterocycles. The summed E-state index contributed by atoms with van der Waals surface area (Å²) in [6.45, 7) is 7.14. The SMILES string of the molecule is Cn1c2c(OC3c4c(ccc5ccc(=O)oc45)OC(C)(C)C3O)c(O)ccc2c(=O)c2c(O)cc3c(c21)C=CC(C)(C)O3. The number of phenolic OH excluding ortho intramolecular Hbond substituents is 2. The minimum atomic E-state index is -1.29. The standard InChI is InChI=1S/C33H29NO9/c1-32(2)13-12-16-21(42-32)14-19(36)23-25(16)34(5)26-17(27(23)38)8-9-18(35)29(26)41-30-24-20(43-33(3,4)31(30)39)10-6-15-7-11-22(37)40-28(15)24/h6-14,30-31,35-36,39H,1-5H3. The van der Waals surface area contributed by atoms with Gasteiger partial charge in [-0.3, -0.25) is 4.79 Å². The minimum Gasteiger partial charge on any atom is -0.507 e. The molecular weight excluding hydrogens is 554 g/mol. The van der Waals surface area contributed by atoms with Crippen LogP contribution in [0.4, 0.5) is 0 Å². The fourth-order valence-electron chi connectivity index (χ4n) is 6.12. The molecule has 0 aliphatic carbocycles. The maximum absolute atomic E-state index is 13.9. The second kappa shape index (κ2) is 8.78. The van der Waals surface area contributed by atoms with Crippen LogP contribution in [0.3, 0.4) is 0 Å². The van der Waals surface area contributed by atoms with E-state index in [1.807, 2.05) is 26.0 Å². The van der Waals surface area contributed by atoms with Crippen LogP contribution in [-0.2, 0) is 7.05 Å². The van der Waals surface area contributed by atoms with Gasteiger partial charge in [0.1, 0.15) is 40.1 Å². The van der Waals surface area contributed by atoms with Gasteiger partial charge >= 0.3 is 5.63 Å². The Bertz CT molecular complexity index is 2170. The van der Waals surface area contributed by atoms with E-state index in [1.54, 1.807) is 43.7 Å². The Balaban J connectivity index is 1.53. The van der Waals surface area contributed by atoms with Crippen molar-refractivity contribution in [3.63, 3.8) is 0 Å². The minimum absolute atomic E-state index is 0.0832. The molecule has 5 aromatic rings. The number of aliphatic hydroxyl groups excluding tert-OH is 1. The maximum Gasteiger partial charge on any atom is 0.336 e. The third kappa shape index (κ3) is 3.90. The number of hydrogen-bond acceptors (Lipinski definition) is 9. The molecule has 4 heterocycles. The molecule has 3 N–H and O–H groups in total. The number of aromatic nitrogens is 1. The summed E-state index contributed by atoms with van der Waals surface area (Å²) in [4.78, 5) is 26.2. The van der Waals surface area contributed by atoms with Gasteiger partial charge in [-0.05, 0) is 70.2 Å². The van der Waals surface area contributed by atoms with Gasteiger partial charge in [-0.2, -0.15) is 0 Å². The number of fused-ring (bicyclic) bond motifs is 7. The first-order chi connectivity index (χ1) is 20.3. The third-order valence-corrected chi connectivity index (χ3v) is 8.25. The van der Waals surface area contributed by atoms with Crippen LogP contribution in [0.2, 0.25) is 0 Å². The van der Waals surface area contributed by atoms with Crippen molar-refractivity contribution in [1.82, 2.24) is 4.57 Å². The van der Waals surface area contributed by atoms with Crippen LogP contribution in [0.15, 0.2) is 62.5 Å². The topological polar surface area (TPSA) is 141 Å². The van der Waals surface area contributed by atoms with Crippen molar-refractivity contribution in [3.8, 4) is 28.7 Å². The summed E-state index contributed by atoms with van der Waals surface area (Å²) in [7, 11) is 1.69. The molecule has 220 valence electrons. The largest absolute Gasteiger partial charge is 0.507 e. The molecule has 10 heteroatoms. The normalized spacial score (nSPS) is 20.0. The number of aryl methyl sites for hydroxylation is 1. The summed E-state index contributed by atoms with van der Waals surface area (Å²) < 4.78 is 25.9. The molecule has 7 rings (SSSR count). The number of hydrogen-bond donors (Lipinski definition) is 3. The van der Waals surface area contributed by atoms with E-state index < -0.39 is 34.5 Å². The fourth-order valence-corrected chi connectivity index (χ4v) is 6.12. The van der Waals surface area contributed by atoms with E-state index in [-0.39, 0.29) is 44.7 Å². The van der Waals surface area contributed by atoms with E-state index in [0.717, 1.165) is 0 Å². The van der Waals surface area contributed by atoms with Crippen LogP contribution in [0, 0.1) is 0 Å². The molecule has 2 aliphatic rings. The summed E-state index contributed by atoms with van der Waals surface area (Å²) in [6, 6.07) is 10.6.